The van der Waals surface area contributed by atoms with Crippen molar-refractivity contribution in [3.63, 3.8) is 0 Å². The minimum absolute atomic E-state index is 0.356. The second-order valence-corrected chi connectivity index (χ2v) is 3.83. The summed E-state index contributed by atoms with van der Waals surface area (Å²) in [7, 11) is 0. The molecule has 0 amide bonds. The van der Waals surface area contributed by atoms with E-state index in [0.29, 0.717) is 16.3 Å². The van der Waals surface area contributed by atoms with E-state index in [4.69, 9.17) is 17.3 Å². The Morgan fingerprint density at radius 2 is 2.06 bits per heavy atom. The van der Waals surface area contributed by atoms with Crippen molar-refractivity contribution in [1.82, 2.24) is 4.98 Å². The van der Waals surface area contributed by atoms with Crippen molar-refractivity contribution >= 4 is 11.6 Å². The second kappa shape index (κ2) is 4.60. The highest BCUT2D eigenvalue weighted by atomic mass is 35.5. The summed E-state index contributed by atoms with van der Waals surface area (Å²) in [5, 5.41) is 0.356. The molecule has 0 aliphatic rings. The maximum atomic E-state index is 13.6. The van der Waals surface area contributed by atoms with Crippen LogP contribution in [0.4, 0.5) is 4.39 Å². The van der Waals surface area contributed by atoms with Gasteiger partial charge < -0.3 is 5.73 Å². The Morgan fingerprint density at radius 3 is 2.69 bits per heavy atom. The summed E-state index contributed by atoms with van der Waals surface area (Å²) in [4.78, 5) is 4.09. The maximum absolute atomic E-state index is 13.6. The van der Waals surface area contributed by atoms with Gasteiger partial charge in [0.05, 0.1) is 11.7 Å². The van der Waals surface area contributed by atoms with Gasteiger partial charge in [0, 0.05) is 16.8 Å². The van der Waals surface area contributed by atoms with Gasteiger partial charge in [-0.25, -0.2) is 4.39 Å². The third kappa shape index (κ3) is 2.21. The Hall–Kier alpha value is -1.45. The molecule has 0 saturated carbocycles. The fraction of sp³-hybridized carbons (Fsp3) is 0.0833. The molecular weight excluding hydrogens is 227 g/mol. The summed E-state index contributed by atoms with van der Waals surface area (Å²) < 4.78 is 13.6. The van der Waals surface area contributed by atoms with Gasteiger partial charge in [0.25, 0.3) is 0 Å². The molecule has 1 atom stereocenters. The van der Waals surface area contributed by atoms with Crippen molar-refractivity contribution in [3.05, 3.63) is 64.7 Å². The first-order chi connectivity index (χ1) is 7.68. The third-order valence-corrected chi connectivity index (χ3v) is 2.54. The van der Waals surface area contributed by atoms with E-state index in [-0.39, 0.29) is 0 Å². The van der Waals surface area contributed by atoms with E-state index < -0.39 is 11.9 Å². The van der Waals surface area contributed by atoms with Crippen LogP contribution in [0.2, 0.25) is 5.02 Å². The number of nitrogens with zero attached hydrogens (tertiary/aromatic N) is 1. The van der Waals surface area contributed by atoms with Gasteiger partial charge in [-0.1, -0.05) is 23.7 Å². The SMILES string of the molecule is NC(c1ccccn1)c1ccc(Cl)cc1F. The summed E-state index contributed by atoms with van der Waals surface area (Å²) in [5.41, 5.74) is 6.94. The van der Waals surface area contributed by atoms with E-state index in [1.807, 2.05) is 6.07 Å². The Bertz CT molecular complexity index is 488. The second-order valence-electron chi connectivity index (χ2n) is 3.40. The molecule has 1 heterocycles. The summed E-state index contributed by atoms with van der Waals surface area (Å²) in [6.07, 6.45) is 1.63. The normalized spacial score (nSPS) is 12.4. The van der Waals surface area contributed by atoms with Crippen LogP contribution in [0.15, 0.2) is 42.6 Å². The fourth-order valence-electron chi connectivity index (χ4n) is 1.47. The first-order valence-electron chi connectivity index (χ1n) is 4.80. The van der Waals surface area contributed by atoms with Gasteiger partial charge in [0.2, 0.25) is 0 Å². The molecule has 1 unspecified atom stereocenters. The van der Waals surface area contributed by atoms with Crippen molar-refractivity contribution < 1.29 is 4.39 Å². The van der Waals surface area contributed by atoms with Gasteiger partial charge in [0.15, 0.2) is 0 Å². The molecule has 2 N–H and O–H groups in total. The molecule has 2 rings (SSSR count). The lowest BCUT2D eigenvalue weighted by Gasteiger charge is -2.12. The molecule has 2 aromatic rings. The van der Waals surface area contributed by atoms with E-state index in [1.165, 1.54) is 6.07 Å². The van der Waals surface area contributed by atoms with Crippen LogP contribution < -0.4 is 5.73 Å². The minimum atomic E-state index is -0.571. The minimum Gasteiger partial charge on any atom is -0.319 e. The Labute approximate surface area is 97.9 Å². The lowest BCUT2D eigenvalue weighted by atomic mass is 10.0. The molecule has 0 radical (unpaired) electrons. The predicted octanol–water partition coefficient (Wildman–Crippen LogP) is 2.92. The van der Waals surface area contributed by atoms with Gasteiger partial charge in [-0.3, -0.25) is 4.98 Å². The average Bonchev–Trinajstić information content (AvgIpc) is 2.29. The molecule has 1 aromatic heterocycles. The Morgan fingerprint density at radius 1 is 1.25 bits per heavy atom. The van der Waals surface area contributed by atoms with Crippen molar-refractivity contribution in [1.29, 1.82) is 0 Å². The van der Waals surface area contributed by atoms with E-state index in [1.54, 1.807) is 30.5 Å². The summed E-state index contributed by atoms with van der Waals surface area (Å²) in [6.45, 7) is 0. The van der Waals surface area contributed by atoms with Gasteiger partial charge in [-0.15, -0.1) is 0 Å². The smallest absolute Gasteiger partial charge is 0.129 e. The fourth-order valence-corrected chi connectivity index (χ4v) is 1.63. The van der Waals surface area contributed by atoms with Crippen LogP contribution in [0.5, 0.6) is 0 Å². The standard InChI is InChI=1S/C12H10ClFN2/c13-8-4-5-9(10(14)7-8)12(15)11-3-1-2-6-16-11/h1-7,12H,15H2. The zero-order chi connectivity index (χ0) is 11.5. The van der Waals surface area contributed by atoms with Crippen LogP contribution in [0.1, 0.15) is 17.3 Å². The monoisotopic (exact) mass is 236 g/mol. The van der Waals surface area contributed by atoms with E-state index >= 15 is 0 Å². The molecule has 0 spiro atoms. The lowest BCUT2D eigenvalue weighted by Crippen LogP contribution is -2.14. The molecule has 0 saturated heterocycles. The first kappa shape index (κ1) is 11.0. The average molecular weight is 237 g/mol. The van der Waals surface area contributed by atoms with Crippen LogP contribution in [0, 0.1) is 5.82 Å². The number of aromatic nitrogens is 1. The summed E-state index contributed by atoms with van der Waals surface area (Å²) in [5.74, 6) is -0.411. The third-order valence-electron chi connectivity index (χ3n) is 2.30. The summed E-state index contributed by atoms with van der Waals surface area (Å²) in [6, 6.07) is 9.24. The molecule has 0 aliphatic heterocycles. The predicted molar refractivity (Wildman–Crippen MR) is 61.7 cm³/mol. The highest BCUT2D eigenvalue weighted by Crippen LogP contribution is 2.23. The van der Waals surface area contributed by atoms with Gasteiger partial charge in [-0.2, -0.15) is 0 Å². The van der Waals surface area contributed by atoms with Gasteiger partial charge in [-0.05, 0) is 24.3 Å². The van der Waals surface area contributed by atoms with Gasteiger partial charge >= 0.3 is 0 Å². The highest BCUT2D eigenvalue weighted by Gasteiger charge is 2.14. The molecule has 0 aliphatic carbocycles. The number of hydrogen-bond donors (Lipinski definition) is 1. The van der Waals surface area contributed by atoms with Crippen LogP contribution in [-0.2, 0) is 0 Å². The van der Waals surface area contributed by atoms with Gasteiger partial charge in [0.1, 0.15) is 5.82 Å². The number of hydrogen-bond acceptors (Lipinski definition) is 2. The number of nitrogens with two attached hydrogens (primary N) is 1. The summed E-state index contributed by atoms with van der Waals surface area (Å²) >= 11 is 5.67. The van der Waals surface area contributed by atoms with Crippen molar-refractivity contribution in [2.75, 3.05) is 0 Å². The van der Waals surface area contributed by atoms with E-state index in [2.05, 4.69) is 4.98 Å². The Balaban J connectivity index is 2.38. The largest absolute Gasteiger partial charge is 0.319 e. The maximum Gasteiger partial charge on any atom is 0.129 e. The van der Waals surface area contributed by atoms with Crippen molar-refractivity contribution in [2.24, 2.45) is 5.73 Å². The molecule has 0 fully saturated rings. The molecule has 4 heteroatoms. The van der Waals surface area contributed by atoms with E-state index in [9.17, 15) is 4.39 Å². The Kier molecular flexibility index (Phi) is 3.17. The van der Waals surface area contributed by atoms with Crippen LogP contribution >= 0.6 is 11.6 Å². The molecule has 82 valence electrons. The van der Waals surface area contributed by atoms with Crippen LogP contribution in [0.25, 0.3) is 0 Å². The zero-order valence-electron chi connectivity index (χ0n) is 8.40. The van der Waals surface area contributed by atoms with Crippen LogP contribution in [0.3, 0.4) is 0 Å². The molecule has 0 bridgehead atoms. The molecule has 2 nitrogen and oxygen atoms in total. The molecular formula is C12H10ClFN2. The first-order valence-corrected chi connectivity index (χ1v) is 5.18. The topological polar surface area (TPSA) is 38.9 Å². The number of halogens is 2. The number of pyridine rings is 1. The van der Waals surface area contributed by atoms with E-state index in [0.717, 1.165) is 0 Å². The molecule has 1 aromatic carbocycles. The quantitative estimate of drug-likeness (QED) is 0.871. The zero-order valence-corrected chi connectivity index (χ0v) is 9.16. The van der Waals surface area contributed by atoms with Crippen LogP contribution in [-0.4, -0.2) is 4.98 Å². The lowest BCUT2D eigenvalue weighted by molar-refractivity contribution is 0.597. The van der Waals surface area contributed by atoms with Crippen molar-refractivity contribution in [3.8, 4) is 0 Å². The van der Waals surface area contributed by atoms with Crippen molar-refractivity contribution in [2.45, 2.75) is 6.04 Å². The highest BCUT2D eigenvalue weighted by molar-refractivity contribution is 6.30. The number of benzene rings is 1. The molecule has 16 heavy (non-hydrogen) atoms. The number of rotatable bonds is 2.